The van der Waals surface area contributed by atoms with Crippen molar-refractivity contribution < 1.29 is 14.3 Å². The van der Waals surface area contributed by atoms with Gasteiger partial charge in [-0.15, -0.1) is 0 Å². The number of hydrogen-bond donors (Lipinski definition) is 2. The fourth-order valence-corrected chi connectivity index (χ4v) is 3.57. The summed E-state index contributed by atoms with van der Waals surface area (Å²) >= 11 is 12.1. The molecule has 0 heterocycles. The molecule has 0 aliphatic rings. The van der Waals surface area contributed by atoms with Crippen LogP contribution in [0.3, 0.4) is 0 Å². The van der Waals surface area contributed by atoms with Gasteiger partial charge < -0.3 is 20.5 Å². The Balaban J connectivity index is 1.96. The van der Waals surface area contributed by atoms with Gasteiger partial charge in [0.2, 0.25) is 0 Å². The largest absolute Gasteiger partial charge is 0.497 e. The highest BCUT2D eigenvalue weighted by molar-refractivity contribution is 6.30. The van der Waals surface area contributed by atoms with Crippen molar-refractivity contribution in [2.75, 3.05) is 7.11 Å². The Hall–Kier alpha value is -2.73. The SMILES string of the molecule is COc1ccc(C(=O)N[C@@H](c2ccc(Cl)cc2)[C@H](N)c2ccc(Cl)cc2)c(OC(C)C)c1. The first-order valence-electron chi connectivity index (χ1n) is 10.2. The minimum Gasteiger partial charge on any atom is -0.497 e. The zero-order chi connectivity index (χ0) is 23.3. The molecule has 1 amide bonds. The van der Waals surface area contributed by atoms with E-state index in [0.29, 0.717) is 27.1 Å². The molecule has 0 spiro atoms. The quantitative estimate of drug-likeness (QED) is 0.424. The van der Waals surface area contributed by atoms with Crippen LogP contribution >= 0.6 is 23.2 Å². The third kappa shape index (κ3) is 5.94. The molecule has 0 radical (unpaired) electrons. The lowest BCUT2D eigenvalue weighted by molar-refractivity contribution is 0.0924. The van der Waals surface area contributed by atoms with Gasteiger partial charge in [-0.2, -0.15) is 0 Å². The molecule has 3 rings (SSSR count). The maximum Gasteiger partial charge on any atom is 0.255 e. The number of benzene rings is 3. The average molecular weight is 473 g/mol. The van der Waals surface area contributed by atoms with E-state index in [-0.39, 0.29) is 12.0 Å². The topological polar surface area (TPSA) is 73.6 Å². The molecule has 7 heteroatoms. The van der Waals surface area contributed by atoms with Gasteiger partial charge in [0.25, 0.3) is 5.91 Å². The number of nitrogens with two attached hydrogens (primary N) is 1. The van der Waals surface area contributed by atoms with Crippen molar-refractivity contribution in [1.82, 2.24) is 5.32 Å². The second kappa shape index (κ2) is 10.7. The summed E-state index contributed by atoms with van der Waals surface area (Å²) in [6.45, 7) is 3.79. The number of methoxy groups -OCH3 is 1. The maximum absolute atomic E-state index is 13.4. The number of carbonyl (C=O) groups is 1. The molecule has 3 N–H and O–H groups in total. The van der Waals surface area contributed by atoms with E-state index in [1.165, 1.54) is 0 Å². The molecular weight excluding hydrogens is 447 g/mol. The van der Waals surface area contributed by atoms with E-state index in [4.69, 9.17) is 38.4 Å². The van der Waals surface area contributed by atoms with E-state index < -0.39 is 12.1 Å². The molecule has 3 aromatic carbocycles. The fraction of sp³-hybridized carbons (Fsp3) is 0.240. The fourth-order valence-electron chi connectivity index (χ4n) is 3.32. The molecule has 0 saturated carbocycles. The third-order valence-corrected chi connectivity index (χ3v) is 5.43. The maximum atomic E-state index is 13.4. The van der Waals surface area contributed by atoms with Gasteiger partial charge in [-0.05, 0) is 61.4 Å². The molecule has 0 saturated heterocycles. The van der Waals surface area contributed by atoms with E-state index in [2.05, 4.69) is 5.32 Å². The standard InChI is InChI=1S/C25H26Cl2N2O3/c1-15(2)32-22-14-20(31-3)12-13-21(22)25(30)29-24(17-6-10-19(27)11-7-17)23(28)16-4-8-18(26)9-5-16/h4-15,23-24H,28H2,1-3H3,(H,29,30)/t23-,24+/m1/s1. The second-order valence-corrected chi connectivity index (χ2v) is 8.48. The molecular formula is C25H26Cl2N2O3. The highest BCUT2D eigenvalue weighted by Gasteiger charge is 2.26. The van der Waals surface area contributed by atoms with Crippen LogP contribution in [0.5, 0.6) is 11.5 Å². The first-order chi connectivity index (χ1) is 15.3. The van der Waals surface area contributed by atoms with Crippen molar-refractivity contribution in [2.24, 2.45) is 5.73 Å². The Morgan fingerprint density at radius 3 is 2.00 bits per heavy atom. The lowest BCUT2D eigenvalue weighted by Gasteiger charge is -2.27. The summed E-state index contributed by atoms with van der Waals surface area (Å²) in [5, 5.41) is 4.28. The van der Waals surface area contributed by atoms with Gasteiger partial charge in [-0.1, -0.05) is 47.5 Å². The van der Waals surface area contributed by atoms with Gasteiger partial charge in [-0.3, -0.25) is 4.79 Å². The van der Waals surface area contributed by atoms with Gasteiger partial charge in [0, 0.05) is 16.1 Å². The summed E-state index contributed by atoms with van der Waals surface area (Å²) in [4.78, 5) is 13.4. The zero-order valence-electron chi connectivity index (χ0n) is 18.1. The summed E-state index contributed by atoms with van der Waals surface area (Å²) < 4.78 is 11.1. The Kier molecular flexibility index (Phi) is 8.02. The van der Waals surface area contributed by atoms with Crippen LogP contribution in [-0.4, -0.2) is 19.1 Å². The van der Waals surface area contributed by atoms with Crippen LogP contribution in [0, 0.1) is 0 Å². The summed E-state index contributed by atoms with van der Waals surface area (Å²) in [7, 11) is 1.57. The summed E-state index contributed by atoms with van der Waals surface area (Å²) in [6.07, 6.45) is -0.114. The normalized spacial score (nSPS) is 12.8. The van der Waals surface area contributed by atoms with E-state index in [9.17, 15) is 4.79 Å². The first kappa shape index (κ1) is 23.9. The van der Waals surface area contributed by atoms with Crippen LogP contribution in [-0.2, 0) is 0 Å². The van der Waals surface area contributed by atoms with Crippen LogP contribution in [0.2, 0.25) is 10.0 Å². The Morgan fingerprint density at radius 1 is 0.906 bits per heavy atom. The van der Waals surface area contributed by atoms with Gasteiger partial charge in [0.15, 0.2) is 0 Å². The number of hydrogen-bond acceptors (Lipinski definition) is 4. The van der Waals surface area contributed by atoms with Crippen LogP contribution in [0.15, 0.2) is 66.7 Å². The van der Waals surface area contributed by atoms with E-state index in [0.717, 1.165) is 11.1 Å². The smallest absolute Gasteiger partial charge is 0.255 e. The van der Waals surface area contributed by atoms with Crippen molar-refractivity contribution in [3.63, 3.8) is 0 Å². The molecule has 0 aromatic heterocycles. The van der Waals surface area contributed by atoms with Crippen LogP contribution in [0.1, 0.15) is 47.4 Å². The van der Waals surface area contributed by atoms with E-state index >= 15 is 0 Å². The molecule has 3 aromatic rings. The Morgan fingerprint density at radius 2 is 1.47 bits per heavy atom. The number of amides is 1. The van der Waals surface area contributed by atoms with Gasteiger partial charge in [0.1, 0.15) is 11.5 Å². The molecule has 32 heavy (non-hydrogen) atoms. The monoisotopic (exact) mass is 472 g/mol. The minimum absolute atomic E-state index is 0.114. The average Bonchev–Trinajstić information content (AvgIpc) is 2.77. The second-order valence-electron chi connectivity index (χ2n) is 7.61. The molecule has 0 bridgehead atoms. The summed E-state index contributed by atoms with van der Waals surface area (Å²) in [5.41, 5.74) is 8.66. The number of carbonyl (C=O) groups excluding carboxylic acids is 1. The lowest BCUT2D eigenvalue weighted by atomic mass is 9.93. The van der Waals surface area contributed by atoms with Gasteiger partial charge in [-0.25, -0.2) is 0 Å². The van der Waals surface area contributed by atoms with Crippen molar-refractivity contribution in [1.29, 1.82) is 0 Å². The zero-order valence-corrected chi connectivity index (χ0v) is 19.7. The number of ether oxygens (including phenoxy) is 2. The highest BCUT2D eigenvalue weighted by atomic mass is 35.5. The number of halogens is 2. The van der Waals surface area contributed by atoms with Crippen molar-refractivity contribution in [3.8, 4) is 11.5 Å². The molecule has 0 fully saturated rings. The third-order valence-electron chi connectivity index (χ3n) is 4.93. The van der Waals surface area contributed by atoms with Crippen LogP contribution < -0.4 is 20.5 Å². The summed E-state index contributed by atoms with van der Waals surface area (Å²) in [5.74, 6) is 0.726. The molecule has 0 aliphatic heterocycles. The molecule has 168 valence electrons. The van der Waals surface area contributed by atoms with Gasteiger partial charge in [0.05, 0.1) is 30.9 Å². The first-order valence-corrected chi connectivity index (χ1v) is 11.0. The van der Waals surface area contributed by atoms with E-state index in [1.54, 1.807) is 49.6 Å². The molecule has 2 atom stereocenters. The highest BCUT2D eigenvalue weighted by Crippen LogP contribution is 2.31. The van der Waals surface area contributed by atoms with Gasteiger partial charge >= 0.3 is 0 Å². The molecule has 0 unspecified atom stereocenters. The van der Waals surface area contributed by atoms with Crippen LogP contribution in [0.25, 0.3) is 0 Å². The Bertz CT molecular complexity index is 1050. The lowest BCUT2D eigenvalue weighted by Crippen LogP contribution is -2.36. The summed E-state index contributed by atoms with van der Waals surface area (Å²) in [6, 6.07) is 18.5. The van der Waals surface area contributed by atoms with Crippen molar-refractivity contribution in [2.45, 2.75) is 32.0 Å². The van der Waals surface area contributed by atoms with Crippen molar-refractivity contribution >= 4 is 29.1 Å². The Labute approximate surface area is 198 Å². The number of rotatable bonds is 8. The molecule has 5 nitrogen and oxygen atoms in total. The van der Waals surface area contributed by atoms with Crippen LogP contribution in [0.4, 0.5) is 0 Å². The number of nitrogens with one attached hydrogen (secondary N) is 1. The molecule has 0 aliphatic carbocycles. The van der Waals surface area contributed by atoms with Crippen molar-refractivity contribution in [3.05, 3.63) is 93.5 Å². The predicted octanol–water partition coefficient (Wildman–Crippen LogP) is 5.96. The minimum atomic E-state index is -0.523. The van der Waals surface area contributed by atoms with E-state index in [1.807, 2.05) is 38.1 Å². The predicted molar refractivity (Wildman–Crippen MR) is 129 cm³/mol.